The van der Waals surface area contributed by atoms with Crippen LogP contribution < -0.4 is 10.7 Å². The summed E-state index contributed by atoms with van der Waals surface area (Å²) in [6, 6.07) is 11.4. The molecular formula is C24H24IN3O3. The lowest BCUT2D eigenvalue weighted by molar-refractivity contribution is 0.0612. The Labute approximate surface area is 194 Å². The number of benzene rings is 1. The second kappa shape index (κ2) is 9.74. The predicted octanol–water partition coefficient (Wildman–Crippen LogP) is 4.50. The molecule has 3 heterocycles. The predicted molar refractivity (Wildman–Crippen MR) is 129 cm³/mol. The fraction of sp³-hybridized carbons (Fsp3) is 0.292. The molecule has 0 spiro atoms. The zero-order valence-corrected chi connectivity index (χ0v) is 19.5. The second-order valence-electron chi connectivity index (χ2n) is 7.86. The molecule has 1 aliphatic heterocycles. The van der Waals surface area contributed by atoms with Crippen molar-refractivity contribution in [1.82, 2.24) is 9.55 Å². The van der Waals surface area contributed by atoms with Gasteiger partial charge in [-0.25, -0.2) is 4.98 Å². The van der Waals surface area contributed by atoms with E-state index in [1.165, 1.54) is 0 Å². The minimum Gasteiger partial charge on any atom is -0.381 e. The summed E-state index contributed by atoms with van der Waals surface area (Å²) in [5.74, 6) is 0.0288. The van der Waals surface area contributed by atoms with E-state index in [1.807, 2.05) is 48.0 Å². The van der Waals surface area contributed by atoms with Crippen molar-refractivity contribution in [2.24, 2.45) is 5.92 Å². The van der Waals surface area contributed by atoms with E-state index in [0.29, 0.717) is 17.2 Å². The molecule has 1 fully saturated rings. The summed E-state index contributed by atoms with van der Waals surface area (Å²) < 4.78 is 8.28. The van der Waals surface area contributed by atoms with Crippen LogP contribution in [0.4, 0.5) is 5.69 Å². The van der Waals surface area contributed by atoms with Crippen molar-refractivity contribution in [3.8, 4) is 11.1 Å². The minimum atomic E-state index is -0.428. The number of ether oxygens (including phenoxy) is 1. The number of rotatable bonds is 5. The van der Waals surface area contributed by atoms with Gasteiger partial charge in [-0.05, 0) is 66.0 Å². The molecule has 160 valence electrons. The van der Waals surface area contributed by atoms with Gasteiger partial charge in [0.15, 0.2) is 0 Å². The summed E-state index contributed by atoms with van der Waals surface area (Å²) in [5, 5.41) is 2.81. The molecule has 0 saturated carbocycles. The third-order valence-corrected chi connectivity index (χ3v) is 6.12. The molecule has 6 nitrogen and oxygen atoms in total. The summed E-state index contributed by atoms with van der Waals surface area (Å²) >= 11 is 2.10. The van der Waals surface area contributed by atoms with Crippen molar-refractivity contribution in [2.45, 2.75) is 26.3 Å². The third kappa shape index (κ3) is 5.40. The maximum Gasteiger partial charge on any atom is 0.261 e. The number of nitrogens with one attached hydrogen (secondary N) is 1. The fourth-order valence-electron chi connectivity index (χ4n) is 3.71. The van der Waals surface area contributed by atoms with Gasteiger partial charge in [0.05, 0.1) is 11.9 Å². The molecule has 4 rings (SSSR count). The lowest BCUT2D eigenvalue weighted by Gasteiger charge is -2.23. The number of nitrogens with zero attached hydrogens (tertiary/aromatic N) is 2. The molecule has 3 aromatic rings. The van der Waals surface area contributed by atoms with Crippen LogP contribution in [0.2, 0.25) is 0 Å². The van der Waals surface area contributed by atoms with Gasteiger partial charge in [-0.1, -0.05) is 29.8 Å². The molecule has 7 heteroatoms. The van der Waals surface area contributed by atoms with Gasteiger partial charge in [0.25, 0.3) is 5.91 Å². The number of hydrogen-bond donors (Lipinski definition) is 1. The average Bonchev–Trinajstić information content (AvgIpc) is 2.78. The Morgan fingerprint density at radius 2 is 1.90 bits per heavy atom. The van der Waals surface area contributed by atoms with Gasteiger partial charge in [-0.15, -0.1) is 0 Å². The summed E-state index contributed by atoms with van der Waals surface area (Å²) in [5.41, 5.74) is 2.86. The minimum absolute atomic E-state index is 0.128. The number of carbonyl (C=O) groups excluding carboxylic acids is 1. The number of aryl methyl sites for hydroxylation is 1. The van der Waals surface area contributed by atoms with Crippen molar-refractivity contribution in [3.63, 3.8) is 0 Å². The highest BCUT2D eigenvalue weighted by atomic mass is 127. The standard InChI is InChI=1S/C24H24IN3O3/c1-16-2-4-18(5-3-16)20-14-28(13-17-8-10-31-11-9-17)15-21(23(20)29)24(30)27-19-6-7-22(25)26-12-19/h2-7,12,14-15,17H,8-11,13H2,1H3,(H,27,30). The van der Waals surface area contributed by atoms with E-state index in [2.05, 4.69) is 32.9 Å². The number of hydrogen-bond acceptors (Lipinski definition) is 4. The zero-order chi connectivity index (χ0) is 21.8. The van der Waals surface area contributed by atoms with E-state index in [-0.39, 0.29) is 11.0 Å². The lowest BCUT2D eigenvalue weighted by Crippen LogP contribution is -2.26. The van der Waals surface area contributed by atoms with Crippen LogP contribution in [0.15, 0.2) is 59.8 Å². The van der Waals surface area contributed by atoms with Crippen LogP contribution in [0.5, 0.6) is 0 Å². The van der Waals surface area contributed by atoms with Crippen LogP contribution in [0.3, 0.4) is 0 Å². The quantitative estimate of drug-likeness (QED) is 0.390. The topological polar surface area (TPSA) is 73.2 Å². The first-order chi connectivity index (χ1) is 15.0. The third-order valence-electron chi connectivity index (χ3n) is 5.48. The average molecular weight is 529 g/mol. The Morgan fingerprint density at radius 1 is 1.16 bits per heavy atom. The van der Waals surface area contributed by atoms with E-state index in [1.54, 1.807) is 18.5 Å². The van der Waals surface area contributed by atoms with E-state index in [9.17, 15) is 9.59 Å². The SMILES string of the molecule is Cc1ccc(-c2cn(CC3CCOCC3)cc(C(=O)Nc3ccc(I)nc3)c2=O)cc1. The number of halogens is 1. The van der Waals surface area contributed by atoms with Crippen LogP contribution in [0, 0.1) is 16.5 Å². The Balaban J connectivity index is 1.71. The van der Waals surface area contributed by atoms with E-state index in [4.69, 9.17) is 4.74 Å². The second-order valence-corrected chi connectivity index (χ2v) is 8.96. The van der Waals surface area contributed by atoms with E-state index in [0.717, 1.165) is 47.4 Å². The van der Waals surface area contributed by atoms with Crippen molar-refractivity contribution in [3.05, 3.63) is 80.0 Å². The van der Waals surface area contributed by atoms with Crippen LogP contribution in [0.25, 0.3) is 11.1 Å². The summed E-state index contributed by atoms with van der Waals surface area (Å²) in [4.78, 5) is 30.5. The zero-order valence-electron chi connectivity index (χ0n) is 17.3. The Kier molecular flexibility index (Phi) is 6.82. The van der Waals surface area contributed by atoms with Crippen LogP contribution in [0.1, 0.15) is 28.8 Å². The summed E-state index contributed by atoms with van der Waals surface area (Å²) in [6.45, 7) is 4.26. The van der Waals surface area contributed by atoms with Crippen LogP contribution in [-0.2, 0) is 11.3 Å². The normalized spacial score (nSPS) is 14.4. The van der Waals surface area contributed by atoms with E-state index >= 15 is 0 Å². The molecule has 0 bridgehead atoms. The Hall–Kier alpha value is -2.52. The van der Waals surface area contributed by atoms with Gasteiger partial charge in [0.1, 0.15) is 9.26 Å². The van der Waals surface area contributed by atoms with Crippen molar-refractivity contribution in [1.29, 1.82) is 0 Å². The number of amides is 1. The van der Waals surface area contributed by atoms with Gasteiger partial charge >= 0.3 is 0 Å². The monoisotopic (exact) mass is 529 g/mol. The van der Waals surface area contributed by atoms with Gasteiger partial charge in [0.2, 0.25) is 5.43 Å². The number of anilines is 1. The molecule has 1 N–H and O–H groups in total. The molecule has 1 amide bonds. The molecule has 0 radical (unpaired) electrons. The molecule has 0 aliphatic carbocycles. The highest BCUT2D eigenvalue weighted by Gasteiger charge is 2.19. The maximum atomic E-state index is 13.3. The Bertz CT molecular complexity index is 1120. The van der Waals surface area contributed by atoms with Gasteiger partial charge in [-0.3, -0.25) is 9.59 Å². The highest BCUT2D eigenvalue weighted by Crippen LogP contribution is 2.21. The largest absolute Gasteiger partial charge is 0.381 e. The van der Waals surface area contributed by atoms with Crippen LogP contribution >= 0.6 is 22.6 Å². The maximum absolute atomic E-state index is 13.3. The highest BCUT2D eigenvalue weighted by molar-refractivity contribution is 14.1. The first-order valence-electron chi connectivity index (χ1n) is 10.3. The number of aromatic nitrogens is 2. The van der Waals surface area contributed by atoms with Crippen molar-refractivity contribution >= 4 is 34.2 Å². The smallest absolute Gasteiger partial charge is 0.261 e. The first kappa shape index (κ1) is 21.7. The molecule has 2 aromatic heterocycles. The summed E-state index contributed by atoms with van der Waals surface area (Å²) in [7, 11) is 0. The molecule has 0 atom stereocenters. The van der Waals surface area contributed by atoms with Crippen molar-refractivity contribution < 1.29 is 9.53 Å². The van der Waals surface area contributed by atoms with Crippen LogP contribution in [-0.4, -0.2) is 28.7 Å². The van der Waals surface area contributed by atoms with Gasteiger partial charge in [0, 0.05) is 37.7 Å². The Morgan fingerprint density at radius 3 is 2.58 bits per heavy atom. The molecule has 0 unspecified atom stereocenters. The van der Waals surface area contributed by atoms with E-state index < -0.39 is 5.91 Å². The molecule has 1 aromatic carbocycles. The van der Waals surface area contributed by atoms with Gasteiger partial charge in [-0.2, -0.15) is 0 Å². The fourth-order valence-corrected chi connectivity index (χ4v) is 4.03. The lowest BCUT2D eigenvalue weighted by atomic mass is 9.99. The molecule has 31 heavy (non-hydrogen) atoms. The summed E-state index contributed by atoms with van der Waals surface area (Å²) in [6.07, 6.45) is 7.07. The first-order valence-corrected chi connectivity index (χ1v) is 11.4. The molecule has 1 aliphatic rings. The number of carbonyl (C=O) groups is 1. The molecular weight excluding hydrogens is 505 g/mol. The van der Waals surface area contributed by atoms with Crippen molar-refractivity contribution in [2.75, 3.05) is 18.5 Å². The van der Waals surface area contributed by atoms with Gasteiger partial charge < -0.3 is 14.6 Å². The molecule has 1 saturated heterocycles. The number of pyridine rings is 2.